The van der Waals surface area contributed by atoms with Crippen molar-refractivity contribution >= 4 is 11.8 Å². The zero-order valence-electron chi connectivity index (χ0n) is 9.85. The molecule has 0 fully saturated rings. The van der Waals surface area contributed by atoms with Crippen LogP contribution in [0.5, 0.6) is 5.75 Å². The molecular weight excluding hydrogens is 220 g/mol. The highest BCUT2D eigenvalue weighted by Gasteiger charge is 2.08. The van der Waals surface area contributed by atoms with E-state index in [0.717, 1.165) is 5.75 Å². The maximum Gasteiger partial charge on any atom is 0.313 e. The monoisotopic (exact) mass is 236 g/mol. The van der Waals surface area contributed by atoms with Gasteiger partial charge in [-0.3, -0.25) is 9.59 Å². The fourth-order valence-electron chi connectivity index (χ4n) is 1.17. The number of carbonyl (C=O) groups is 2. The van der Waals surface area contributed by atoms with E-state index in [-0.39, 0.29) is 25.4 Å². The Hall–Kier alpha value is -1.84. The standard InChI is InChI=1S/C13H16O4/c1-2-11(14)10-13(15)17-9-8-16-12-6-4-3-5-7-12/h3-7H,2,8-10H2,1H3. The molecule has 0 aliphatic carbocycles. The smallest absolute Gasteiger partial charge is 0.313 e. The van der Waals surface area contributed by atoms with Crippen molar-refractivity contribution in [3.8, 4) is 5.75 Å². The van der Waals surface area contributed by atoms with Crippen LogP contribution in [0.25, 0.3) is 0 Å². The minimum absolute atomic E-state index is 0.112. The average Bonchev–Trinajstić information content (AvgIpc) is 2.36. The SMILES string of the molecule is CCC(=O)CC(=O)OCCOc1ccccc1. The molecule has 17 heavy (non-hydrogen) atoms. The summed E-state index contributed by atoms with van der Waals surface area (Å²) < 4.78 is 10.2. The van der Waals surface area contributed by atoms with Gasteiger partial charge in [-0.15, -0.1) is 0 Å². The third-order valence-electron chi connectivity index (χ3n) is 2.09. The van der Waals surface area contributed by atoms with Crippen LogP contribution < -0.4 is 4.74 Å². The number of ketones is 1. The van der Waals surface area contributed by atoms with Gasteiger partial charge in [0.25, 0.3) is 0 Å². The van der Waals surface area contributed by atoms with E-state index in [4.69, 9.17) is 9.47 Å². The highest BCUT2D eigenvalue weighted by molar-refractivity contribution is 5.95. The third kappa shape index (κ3) is 5.70. The Morgan fingerprint density at radius 1 is 1.12 bits per heavy atom. The van der Waals surface area contributed by atoms with Gasteiger partial charge in [0.2, 0.25) is 0 Å². The molecule has 0 aliphatic heterocycles. The Balaban J connectivity index is 2.12. The Labute approximate surface area is 101 Å². The molecule has 0 unspecified atom stereocenters. The fourth-order valence-corrected chi connectivity index (χ4v) is 1.17. The van der Waals surface area contributed by atoms with E-state index in [1.54, 1.807) is 6.92 Å². The van der Waals surface area contributed by atoms with Crippen molar-refractivity contribution < 1.29 is 19.1 Å². The highest BCUT2D eigenvalue weighted by Crippen LogP contribution is 2.07. The van der Waals surface area contributed by atoms with Crippen molar-refractivity contribution in [3.05, 3.63) is 30.3 Å². The van der Waals surface area contributed by atoms with E-state index >= 15 is 0 Å². The second kappa shape index (κ2) is 7.44. The van der Waals surface area contributed by atoms with Crippen LogP contribution in [0.3, 0.4) is 0 Å². The normalized spacial score (nSPS) is 9.71. The molecule has 1 aromatic rings. The number of esters is 1. The summed E-state index contributed by atoms with van der Waals surface area (Å²) in [7, 11) is 0. The Morgan fingerprint density at radius 3 is 2.47 bits per heavy atom. The Morgan fingerprint density at radius 2 is 1.82 bits per heavy atom. The minimum atomic E-state index is -0.492. The van der Waals surface area contributed by atoms with Crippen molar-refractivity contribution in [2.24, 2.45) is 0 Å². The molecule has 0 saturated carbocycles. The Bertz CT molecular complexity index is 359. The molecule has 0 aliphatic rings. The number of ether oxygens (including phenoxy) is 2. The molecule has 0 N–H and O–H groups in total. The third-order valence-corrected chi connectivity index (χ3v) is 2.09. The maximum atomic E-state index is 11.1. The molecule has 0 amide bonds. The van der Waals surface area contributed by atoms with Gasteiger partial charge in [-0.25, -0.2) is 0 Å². The summed E-state index contributed by atoms with van der Waals surface area (Å²) in [5, 5.41) is 0. The van der Waals surface area contributed by atoms with Crippen LogP contribution in [0.1, 0.15) is 19.8 Å². The van der Waals surface area contributed by atoms with Crippen LogP contribution in [0.4, 0.5) is 0 Å². The lowest BCUT2D eigenvalue weighted by Crippen LogP contribution is -2.15. The van der Waals surface area contributed by atoms with Crippen LogP contribution in [0, 0.1) is 0 Å². The molecular formula is C13H16O4. The summed E-state index contributed by atoms with van der Waals surface area (Å²) in [6.45, 7) is 2.16. The van der Waals surface area contributed by atoms with Gasteiger partial charge in [0.15, 0.2) is 0 Å². The number of Topliss-reactive ketones (excluding diaryl/α,β-unsaturated/α-hetero) is 1. The molecule has 0 atom stereocenters. The molecule has 0 saturated heterocycles. The van der Waals surface area contributed by atoms with Crippen LogP contribution in [0.15, 0.2) is 30.3 Å². The summed E-state index contributed by atoms with van der Waals surface area (Å²) in [4.78, 5) is 22.1. The number of para-hydroxylation sites is 1. The maximum absolute atomic E-state index is 11.1. The van der Waals surface area contributed by atoms with Crippen LogP contribution >= 0.6 is 0 Å². The van der Waals surface area contributed by atoms with Crippen molar-refractivity contribution in [2.75, 3.05) is 13.2 Å². The Kier molecular flexibility index (Phi) is 5.79. The number of rotatable bonds is 7. The second-order valence-corrected chi connectivity index (χ2v) is 3.45. The van der Waals surface area contributed by atoms with E-state index in [1.807, 2.05) is 30.3 Å². The predicted octanol–water partition coefficient (Wildman–Crippen LogP) is 1.98. The summed E-state index contributed by atoms with van der Waals surface area (Å²) in [5.41, 5.74) is 0. The first-order valence-corrected chi connectivity index (χ1v) is 5.57. The molecule has 4 heteroatoms. The number of carbonyl (C=O) groups excluding carboxylic acids is 2. The fraction of sp³-hybridized carbons (Fsp3) is 0.385. The zero-order chi connectivity index (χ0) is 12.5. The number of hydrogen-bond acceptors (Lipinski definition) is 4. The largest absolute Gasteiger partial charge is 0.490 e. The molecule has 0 aromatic heterocycles. The van der Waals surface area contributed by atoms with E-state index in [2.05, 4.69) is 0 Å². The molecule has 0 spiro atoms. The summed E-state index contributed by atoms with van der Waals surface area (Å²) in [6, 6.07) is 9.26. The van der Waals surface area contributed by atoms with Crippen LogP contribution in [-0.4, -0.2) is 25.0 Å². The van der Waals surface area contributed by atoms with E-state index in [1.165, 1.54) is 0 Å². The molecule has 0 bridgehead atoms. The van der Waals surface area contributed by atoms with Gasteiger partial charge >= 0.3 is 5.97 Å². The quantitative estimate of drug-likeness (QED) is 0.412. The van der Waals surface area contributed by atoms with Gasteiger partial charge in [-0.2, -0.15) is 0 Å². The van der Waals surface area contributed by atoms with E-state index in [9.17, 15) is 9.59 Å². The summed E-state index contributed by atoms with van der Waals surface area (Å²) >= 11 is 0. The second-order valence-electron chi connectivity index (χ2n) is 3.45. The number of benzene rings is 1. The first-order chi connectivity index (χ1) is 8.22. The molecule has 92 valence electrons. The van der Waals surface area contributed by atoms with Gasteiger partial charge in [0.05, 0.1) is 0 Å². The number of hydrogen-bond donors (Lipinski definition) is 0. The summed E-state index contributed by atoms with van der Waals surface area (Å²) in [6.07, 6.45) is 0.206. The zero-order valence-corrected chi connectivity index (χ0v) is 9.85. The van der Waals surface area contributed by atoms with Gasteiger partial charge in [-0.1, -0.05) is 25.1 Å². The van der Waals surface area contributed by atoms with Crippen molar-refractivity contribution in [1.82, 2.24) is 0 Å². The van der Waals surface area contributed by atoms with Crippen LogP contribution in [-0.2, 0) is 14.3 Å². The first-order valence-electron chi connectivity index (χ1n) is 5.57. The van der Waals surface area contributed by atoms with Gasteiger partial charge in [0, 0.05) is 6.42 Å². The average molecular weight is 236 g/mol. The molecule has 4 nitrogen and oxygen atoms in total. The van der Waals surface area contributed by atoms with Gasteiger partial charge in [0.1, 0.15) is 31.2 Å². The molecule has 1 rings (SSSR count). The topological polar surface area (TPSA) is 52.6 Å². The van der Waals surface area contributed by atoms with Gasteiger partial charge in [-0.05, 0) is 12.1 Å². The van der Waals surface area contributed by atoms with Crippen molar-refractivity contribution in [2.45, 2.75) is 19.8 Å². The molecule has 0 heterocycles. The lowest BCUT2D eigenvalue weighted by molar-refractivity contribution is -0.146. The van der Waals surface area contributed by atoms with Crippen molar-refractivity contribution in [1.29, 1.82) is 0 Å². The van der Waals surface area contributed by atoms with Gasteiger partial charge < -0.3 is 9.47 Å². The van der Waals surface area contributed by atoms with Crippen molar-refractivity contribution in [3.63, 3.8) is 0 Å². The highest BCUT2D eigenvalue weighted by atomic mass is 16.6. The molecule has 1 aromatic carbocycles. The lowest BCUT2D eigenvalue weighted by Gasteiger charge is -2.06. The lowest BCUT2D eigenvalue weighted by atomic mass is 10.2. The molecule has 0 radical (unpaired) electrons. The van der Waals surface area contributed by atoms with Crippen LogP contribution in [0.2, 0.25) is 0 Å². The first kappa shape index (κ1) is 13.2. The predicted molar refractivity (Wildman–Crippen MR) is 62.8 cm³/mol. The van der Waals surface area contributed by atoms with E-state index < -0.39 is 5.97 Å². The summed E-state index contributed by atoms with van der Waals surface area (Å²) in [5.74, 6) is 0.126. The van der Waals surface area contributed by atoms with E-state index in [0.29, 0.717) is 6.42 Å². The minimum Gasteiger partial charge on any atom is -0.490 e.